The van der Waals surface area contributed by atoms with Crippen molar-refractivity contribution in [3.05, 3.63) is 36.7 Å². The highest BCUT2D eigenvalue weighted by molar-refractivity contribution is 6.58. The van der Waals surface area contributed by atoms with Gasteiger partial charge in [0, 0.05) is 29.5 Å². The van der Waals surface area contributed by atoms with Crippen molar-refractivity contribution in [2.75, 3.05) is 0 Å². The van der Waals surface area contributed by atoms with Crippen LogP contribution in [-0.4, -0.2) is 28.1 Å². The maximum atomic E-state index is 10.7. The predicted molar refractivity (Wildman–Crippen MR) is 54.1 cm³/mol. The number of carbonyl (C=O) groups excluding carboxylic acids is 1. The molecule has 0 aliphatic heterocycles. The van der Waals surface area contributed by atoms with Crippen molar-refractivity contribution < 1.29 is 19.6 Å². The van der Waals surface area contributed by atoms with E-state index in [1.54, 1.807) is 0 Å². The summed E-state index contributed by atoms with van der Waals surface area (Å²) in [5.41, 5.74) is 0.831. The molecule has 5 nitrogen and oxygen atoms in total. The minimum Gasteiger partial charge on any atom is -0.458 e. The molecule has 1 aromatic heterocycles. The van der Waals surface area contributed by atoms with Crippen molar-refractivity contribution in [2.45, 2.75) is 6.61 Å². The molecule has 0 fully saturated rings. The Kier molecular flexibility index (Phi) is 4.02. The number of esters is 1. The van der Waals surface area contributed by atoms with Crippen LogP contribution in [0.25, 0.3) is 0 Å². The van der Waals surface area contributed by atoms with Crippen LogP contribution in [0.2, 0.25) is 0 Å². The van der Waals surface area contributed by atoms with Gasteiger partial charge in [0.05, 0.1) is 0 Å². The van der Waals surface area contributed by atoms with Gasteiger partial charge in [0.2, 0.25) is 0 Å². The first-order valence-electron chi connectivity index (χ1n) is 4.22. The van der Waals surface area contributed by atoms with Gasteiger partial charge >= 0.3 is 13.1 Å². The third-order valence-electron chi connectivity index (χ3n) is 1.66. The predicted octanol–water partition coefficient (Wildman–Crippen LogP) is -1.01. The summed E-state index contributed by atoms with van der Waals surface area (Å²) < 4.78 is 4.75. The second-order valence-corrected chi connectivity index (χ2v) is 2.81. The second-order valence-electron chi connectivity index (χ2n) is 2.81. The molecule has 0 aliphatic rings. The lowest BCUT2D eigenvalue weighted by Gasteiger charge is -2.04. The van der Waals surface area contributed by atoms with E-state index in [-0.39, 0.29) is 12.1 Å². The van der Waals surface area contributed by atoms with Gasteiger partial charge in [0.15, 0.2) is 0 Å². The number of aromatic nitrogens is 1. The van der Waals surface area contributed by atoms with E-state index in [1.807, 2.05) is 0 Å². The smallest absolute Gasteiger partial charge is 0.458 e. The zero-order chi connectivity index (χ0) is 11.3. The molecule has 1 rings (SSSR count). The SMILES string of the molecule is C=CC(=O)OCc1cncc(B(O)O)c1. The third-order valence-corrected chi connectivity index (χ3v) is 1.66. The van der Waals surface area contributed by atoms with E-state index in [9.17, 15) is 4.79 Å². The zero-order valence-electron chi connectivity index (χ0n) is 7.96. The maximum Gasteiger partial charge on any atom is 0.490 e. The van der Waals surface area contributed by atoms with E-state index in [4.69, 9.17) is 14.8 Å². The number of rotatable bonds is 4. The van der Waals surface area contributed by atoms with E-state index in [1.165, 1.54) is 18.5 Å². The lowest BCUT2D eigenvalue weighted by atomic mass is 9.81. The number of hydrogen-bond acceptors (Lipinski definition) is 5. The third kappa shape index (κ3) is 3.53. The molecule has 0 saturated heterocycles. The van der Waals surface area contributed by atoms with Gasteiger partial charge < -0.3 is 14.8 Å². The first-order valence-corrected chi connectivity index (χ1v) is 4.22. The fraction of sp³-hybridized carbons (Fsp3) is 0.111. The molecule has 0 atom stereocenters. The van der Waals surface area contributed by atoms with Gasteiger partial charge in [-0.1, -0.05) is 12.6 Å². The maximum absolute atomic E-state index is 10.7. The molecule has 2 N–H and O–H groups in total. The van der Waals surface area contributed by atoms with E-state index >= 15 is 0 Å². The van der Waals surface area contributed by atoms with Crippen LogP contribution in [0.1, 0.15) is 5.56 Å². The highest BCUT2D eigenvalue weighted by Crippen LogP contribution is 1.98. The van der Waals surface area contributed by atoms with Gasteiger partial charge in [-0.05, 0) is 0 Å². The monoisotopic (exact) mass is 207 g/mol. The Morgan fingerprint density at radius 2 is 2.33 bits per heavy atom. The summed E-state index contributed by atoms with van der Waals surface area (Å²) in [7, 11) is -1.58. The Hall–Kier alpha value is -1.66. The molecule has 0 spiro atoms. The summed E-state index contributed by atoms with van der Waals surface area (Å²) in [5, 5.41) is 17.7. The van der Waals surface area contributed by atoms with Gasteiger partial charge in [-0.3, -0.25) is 4.98 Å². The summed E-state index contributed by atoms with van der Waals surface area (Å²) in [4.78, 5) is 14.5. The number of ether oxygens (including phenoxy) is 1. The van der Waals surface area contributed by atoms with Crippen molar-refractivity contribution >= 4 is 18.6 Å². The van der Waals surface area contributed by atoms with Crippen LogP contribution >= 0.6 is 0 Å². The van der Waals surface area contributed by atoms with Crippen LogP contribution in [0.5, 0.6) is 0 Å². The summed E-state index contributed by atoms with van der Waals surface area (Å²) in [6.45, 7) is 3.27. The molecule has 0 bridgehead atoms. The van der Waals surface area contributed by atoms with E-state index < -0.39 is 13.1 Å². The summed E-state index contributed by atoms with van der Waals surface area (Å²) in [5.74, 6) is -0.537. The Morgan fingerprint density at radius 3 is 2.93 bits per heavy atom. The van der Waals surface area contributed by atoms with Crippen LogP contribution in [-0.2, 0) is 16.1 Å². The molecule has 0 amide bonds. The lowest BCUT2D eigenvalue weighted by molar-refractivity contribution is -0.138. The molecule has 0 aliphatic carbocycles. The Morgan fingerprint density at radius 1 is 1.60 bits per heavy atom. The molecule has 0 saturated carbocycles. The first-order chi connectivity index (χ1) is 7.13. The van der Waals surface area contributed by atoms with Crippen molar-refractivity contribution in [3.63, 3.8) is 0 Å². The molecule has 78 valence electrons. The average Bonchev–Trinajstić information content (AvgIpc) is 2.26. The number of carbonyl (C=O) groups is 1. The molecule has 6 heteroatoms. The molecule has 15 heavy (non-hydrogen) atoms. The van der Waals surface area contributed by atoms with Gasteiger partial charge in [0.1, 0.15) is 6.61 Å². The molecule has 0 aromatic carbocycles. The van der Waals surface area contributed by atoms with Gasteiger partial charge in [-0.2, -0.15) is 0 Å². The lowest BCUT2D eigenvalue weighted by Crippen LogP contribution is -2.30. The van der Waals surface area contributed by atoms with Crippen LogP contribution in [0.15, 0.2) is 31.1 Å². The molecular weight excluding hydrogens is 197 g/mol. The first kappa shape index (κ1) is 11.4. The van der Waals surface area contributed by atoms with Crippen LogP contribution in [0, 0.1) is 0 Å². The minimum atomic E-state index is -1.58. The van der Waals surface area contributed by atoms with Gasteiger partial charge in [0.25, 0.3) is 0 Å². The van der Waals surface area contributed by atoms with E-state index in [0.29, 0.717) is 5.56 Å². The fourth-order valence-electron chi connectivity index (χ4n) is 0.941. The summed E-state index contributed by atoms with van der Waals surface area (Å²) in [6.07, 6.45) is 3.85. The highest BCUT2D eigenvalue weighted by atomic mass is 16.5. The Balaban J connectivity index is 2.65. The molecular formula is C9H10BNO4. The van der Waals surface area contributed by atoms with Gasteiger partial charge in [-0.15, -0.1) is 0 Å². The highest BCUT2D eigenvalue weighted by Gasteiger charge is 2.11. The summed E-state index contributed by atoms with van der Waals surface area (Å²) >= 11 is 0. The van der Waals surface area contributed by atoms with Crippen molar-refractivity contribution in [1.29, 1.82) is 0 Å². The van der Waals surface area contributed by atoms with Crippen LogP contribution in [0.3, 0.4) is 0 Å². The Labute approximate surface area is 87.2 Å². The normalized spacial score (nSPS) is 9.47. The average molecular weight is 207 g/mol. The van der Waals surface area contributed by atoms with E-state index in [0.717, 1.165) is 6.08 Å². The molecule has 1 heterocycles. The number of nitrogens with zero attached hydrogens (tertiary/aromatic N) is 1. The fourth-order valence-corrected chi connectivity index (χ4v) is 0.941. The van der Waals surface area contributed by atoms with Crippen LogP contribution in [0.4, 0.5) is 0 Å². The second kappa shape index (κ2) is 5.28. The standard InChI is InChI=1S/C9H10BNO4/c1-2-9(12)15-6-7-3-8(10(13)14)5-11-4-7/h2-5,13-14H,1,6H2. The minimum absolute atomic E-state index is 0.0262. The topological polar surface area (TPSA) is 79.7 Å². The Bertz CT molecular complexity index is 367. The van der Waals surface area contributed by atoms with Crippen molar-refractivity contribution in [2.24, 2.45) is 0 Å². The quantitative estimate of drug-likeness (QED) is 0.375. The summed E-state index contributed by atoms with van der Waals surface area (Å²) in [6, 6.07) is 1.49. The molecule has 0 unspecified atom stereocenters. The van der Waals surface area contributed by atoms with E-state index in [2.05, 4.69) is 11.6 Å². The van der Waals surface area contributed by atoms with Gasteiger partial charge in [-0.25, -0.2) is 4.79 Å². The number of hydrogen-bond donors (Lipinski definition) is 2. The number of pyridine rings is 1. The molecule has 0 radical (unpaired) electrons. The molecule has 1 aromatic rings. The largest absolute Gasteiger partial charge is 0.490 e. The van der Waals surface area contributed by atoms with Crippen molar-refractivity contribution in [3.8, 4) is 0 Å². The van der Waals surface area contributed by atoms with Crippen LogP contribution < -0.4 is 5.46 Å². The van der Waals surface area contributed by atoms with Crippen molar-refractivity contribution in [1.82, 2.24) is 4.98 Å². The zero-order valence-corrected chi connectivity index (χ0v) is 7.96.